The van der Waals surface area contributed by atoms with Crippen LogP contribution in [0.2, 0.25) is 0 Å². The zero-order valence-electron chi connectivity index (χ0n) is 18.6. The Kier molecular flexibility index (Phi) is 7.46. The van der Waals surface area contributed by atoms with Gasteiger partial charge in [0.25, 0.3) is 20.2 Å². The first-order chi connectivity index (χ1) is 15.8. The second-order valence-corrected chi connectivity index (χ2v) is 11.1. The number of aromatic hydroxyl groups is 2. The number of phenolic OH excluding ortho intramolecular Hbond substituents is 2. The number of rotatable bonds is 6. The number of hydrogen-bond donors (Lipinski definition) is 4. The van der Waals surface area contributed by atoms with E-state index in [9.17, 15) is 36.2 Å². The van der Waals surface area contributed by atoms with Crippen molar-refractivity contribution in [3.63, 3.8) is 0 Å². The van der Waals surface area contributed by atoms with Crippen LogP contribution in [0.5, 0.6) is 11.5 Å². The van der Waals surface area contributed by atoms with Crippen LogP contribution in [0.4, 0.5) is 0 Å². The molecule has 12 heteroatoms. The minimum absolute atomic E-state index is 0.134. The number of hydrogen-bond acceptors (Lipinski definition) is 8. The Morgan fingerprint density at radius 1 is 0.735 bits per heavy atom. The number of aryl methyl sites for hydroxylation is 2. The van der Waals surface area contributed by atoms with Crippen molar-refractivity contribution in [2.45, 2.75) is 61.4 Å². The van der Waals surface area contributed by atoms with Crippen LogP contribution in [-0.2, 0) is 20.2 Å². The van der Waals surface area contributed by atoms with Crippen molar-refractivity contribution < 1.29 is 36.2 Å². The minimum Gasteiger partial charge on any atom is -0.507 e. The van der Waals surface area contributed by atoms with E-state index in [1.807, 2.05) is 0 Å². The second kappa shape index (κ2) is 9.82. The van der Waals surface area contributed by atoms with Crippen LogP contribution in [0, 0.1) is 13.8 Å². The molecule has 0 heterocycles. The van der Waals surface area contributed by atoms with Crippen LogP contribution < -0.4 is 0 Å². The first-order valence-corrected chi connectivity index (χ1v) is 13.3. The van der Waals surface area contributed by atoms with E-state index in [1.54, 1.807) is 0 Å². The summed E-state index contributed by atoms with van der Waals surface area (Å²) in [7, 11) is -8.92. The highest BCUT2D eigenvalue weighted by Gasteiger charge is 2.24. The molecule has 1 fully saturated rings. The zero-order chi connectivity index (χ0) is 25.3. The maximum absolute atomic E-state index is 11.5. The van der Waals surface area contributed by atoms with Gasteiger partial charge in [-0.2, -0.15) is 16.8 Å². The van der Waals surface area contributed by atoms with E-state index in [-0.39, 0.29) is 55.6 Å². The molecule has 2 atom stereocenters. The van der Waals surface area contributed by atoms with Crippen LogP contribution in [0.25, 0.3) is 0 Å². The Labute approximate surface area is 198 Å². The molecule has 2 aromatic rings. The lowest BCUT2D eigenvalue weighted by molar-refractivity contribution is 0.390. The molecule has 2 aromatic carbocycles. The van der Waals surface area contributed by atoms with Gasteiger partial charge in [-0.05, 0) is 62.1 Å². The van der Waals surface area contributed by atoms with Crippen molar-refractivity contribution in [2.24, 2.45) is 9.98 Å². The molecular formula is C22H26N2O8S2. The molecule has 4 N–H and O–H groups in total. The van der Waals surface area contributed by atoms with E-state index in [2.05, 4.69) is 9.98 Å². The Morgan fingerprint density at radius 2 is 1.09 bits per heavy atom. The Bertz CT molecular complexity index is 1260. The lowest BCUT2D eigenvalue weighted by Gasteiger charge is -2.25. The molecule has 2 unspecified atom stereocenters. The fourth-order valence-corrected chi connectivity index (χ4v) is 5.03. The van der Waals surface area contributed by atoms with Crippen LogP contribution in [0.15, 0.2) is 44.0 Å². The first-order valence-electron chi connectivity index (χ1n) is 10.5. The van der Waals surface area contributed by atoms with Gasteiger partial charge in [0, 0.05) is 23.6 Å². The second-order valence-electron chi connectivity index (χ2n) is 8.28. The predicted molar refractivity (Wildman–Crippen MR) is 127 cm³/mol. The van der Waals surface area contributed by atoms with E-state index >= 15 is 0 Å². The van der Waals surface area contributed by atoms with Gasteiger partial charge in [-0.25, -0.2) is 0 Å². The summed E-state index contributed by atoms with van der Waals surface area (Å²) < 4.78 is 64.7. The van der Waals surface area contributed by atoms with Crippen LogP contribution in [-0.4, -0.2) is 60.7 Å². The molecule has 0 aliphatic heterocycles. The molecule has 0 radical (unpaired) electrons. The van der Waals surface area contributed by atoms with E-state index in [4.69, 9.17) is 0 Å². The maximum Gasteiger partial charge on any atom is 0.294 e. The number of nitrogens with zero attached hydrogens (tertiary/aromatic N) is 2. The molecule has 0 spiro atoms. The van der Waals surface area contributed by atoms with Gasteiger partial charge in [0.15, 0.2) is 0 Å². The molecule has 0 amide bonds. The number of aliphatic imine (C=N–C) groups is 2. The molecule has 0 aromatic heterocycles. The molecule has 184 valence electrons. The van der Waals surface area contributed by atoms with Crippen molar-refractivity contribution in [2.75, 3.05) is 0 Å². The Hall–Kier alpha value is -2.80. The topological polar surface area (TPSA) is 174 Å². The zero-order valence-corrected chi connectivity index (χ0v) is 20.2. The third-order valence-corrected chi connectivity index (χ3v) is 7.37. The molecule has 0 bridgehead atoms. The number of phenols is 2. The van der Waals surface area contributed by atoms with Crippen molar-refractivity contribution in [3.05, 3.63) is 46.5 Å². The average molecular weight is 511 g/mol. The van der Waals surface area contributed by atoms with Crippen molar-refractivity contribution in [1.82, 2.24) is 0 Å². The van der Waals surface area contributed by atoms with Crippen molar-refractivity contribution >= 4 is 32.7 Å². The fourth-order valence-electron chi connectivity index (χ4n) is 3.83. The molecule has 1 aliphatic rings. The molecule has 34 heavy (non-hydrogen) atoms. The summed E-state index contributed by atoms with van der Waals surface area (Å²) in [5.74, 6) is -0.316. The van der Waals surface area contributed by atoms with Gasteiger partial charge in [0.05, 0.1) is 21.9 Å². The predicted octanol–water partition coefficient (Wildman–Crippen LogP) is 3.06. The third kappa shape index (κ3) is 6.00. The van der Waals surface area contributed by atoms with Gasteiger partial charge in [-0.15, -0.1) is 0 Å². The van der Waals surface area contributed by atoms with E-state index in [0.29, 0.717) is 12.8 Å². The largest absolute Gasteiger partial charge is 0.507 e. The molecule has 1 saturated carbocycles. The van der Waals surface area contributed by atoms with Gasteiger partial charge >= 0.3 is 0 Å². The van der Waals surface area contributed by atoms with Gasteiger partial charge in [0.2, 0.25) is 0 Å². The Morgan fingerprint density at radius 3 is 1.41 bits per heavy atom. The van der Waals surface area contributed by atoms with Crippen LogP contribution >= 0.6 is 0 Å². The SMILES string of the molecule is Cc1cc(S(=O)(=O)O)cc(C=NC2CCCCC2N=Cc2cc(S(=O)(=O)O)cc(C)c2O)c1O. The van der Waals surface area contributed by atoms with Crippen LogP contribution in [0.3, 0.4) is 0 Å². The Balaban J connectivity index is 1.91. The highest BCUT2D eigenvalue weighted by atomic mass is 32.2. The van der Waals surface area contributed by atoms with Crippen molar-refractivity contribution in [1.29, 1.82) is 0 Å². The van der Waals surface area contributed by atoms with Crippen molar-refractivity contribution in [3.8, 4) is 11.5 Å². The summed E-state index contributed by atoms with van der Waals surface area (Å²) in [6.45, 7) is 3.01. The molecular weight excluding hydrogens is 484 g/mol. The first kappa shape index (κ1) is 25.8. The average Bonchev–Trinajstić information content (AvgIpc) is 2.74. The molecule has 0 saturated heterocycles. The smallest absolute Gasteiger partial charge is 0.294 e. The van der Waals surface area contributed by atoms with Gasteiger partial charge in [-0.3, -0.25) is 19.1 Å². The van der Waals surface area contributed by atoms with Crippen LogP contribution in [0.1, 0.15) is 47.9 Å². The lowest BCUT2D eigenvalue weighted by Crippen LogP contribution is -2.27. The summed E-state index contributed by atoms with van der Waals surface area (Å²) in [6.07, 6.45) is 5.80. The summed E-state index contributed by atoms with van der Waals surface area (Å²) >= 11 is 0. The monoisotopic (exact) mass is 510 g/mol. The lowest BCUT2D eigenvalue weighted by atomic mass is 9.91. The minimum atomic E-state index is -4.46. The maximum atomic E-state index is 11.5. The third-order valence-electron chi connectivity index (χ3n) is 5.71. The summed E-state index contributed by atoms with van der Waals surface area (Å²) in [4.78, 5) is 8.28. The highest BCUT2D eigenvalue weighted by Crippen LogP contribution is 2.29. The normalized spacial score (nSPS) is 19.8. The van der Waals surface area contributed by atoms with E-state index in [1.165, 1.54) is 26.3 Å². The standard InChI is InChI=1S/C22H26N2O8S2/c1-13-7-17(33(27,28)29)9-15(21(13)25)11-23-19-5-3-4-6-20(19)24-12-16-10-18(34(30,31)32)8-14(2)22(16)26/h7-12,19-20,25-26H,3-6H2,1-2H3,(H,27,28,29)(H,30,31,32). The summed E-state index contributed by atoms with van der Waals surface area (Å²) in [5.41, 5.74) is 0.795. The number of benzene rings is 2. The molecule has 10 nitrogen and oxygen atoms in total. The van der Waals surface area contributed by atoms with Gasteiger partial charge in [-0.1, -0.05) is 12.8 Å². The quantitative estimate of drug-likeness (QED) is 0.339. The summed E-state index contributed by atoms with van der Waals surface area (Å²) in [5, 5.41) is 20.6. The summed E-state index contributed by atoms with van der Waals surface area (Å²) in [6, 6.07) is 3.95. The fraction of sp³-hybridized carbons (Fsp3) is 0.364. The highest BCUT2D eigenvalue weighted by molar-refractivity contribution is 7.86. The van der Waals surface area contributed by atoms with E-state index in [0.717, 1.165) is 37.1 Å². The van der Waals surface area contributed by atoms with Gasteiger partial charge < -0.3 is 10.2 Å². The molecule has 1 aliphatic carbocycles. The van der Waals surface area contributed by atoms with E-state index < -0.39 is 20.2 Å². The molecule has 3 rings (SSSR count). The van der Waals surface area contributed by atoms with Gasteiger partial charge in [0.1, 0.15) is 11.5 Å².